The first-order chi connectivity index (χ1) is 10.0. The smallest absolute Gasteiger partial charge is 0.147 e. The van der Waals surface area contributed by atoms with E-state index in [1.54, 1.807) is 19.2 Å². The molecule has 0 aliphatic rings. The summed E-state index contributed by atoms with van der Waals surface area (Å²) in [6.07, 6.45) is 0. The first-order valence-electron chi connectivity index (χ1n) is 6.00. The highest BCUT2D eigenvalue weighted by atomic mass is 79.9. The van der Waals surface area contributed by atoms with Gasteiger partial charge in [-0.15, -0.1) is 0 Å². The van der Waals surface area contributed by atoms with Crippen molar-refractivity contribution in [3.63, 3.8) is 0 Å². The van der Waals surface area contributed by atoms with Crippen molar-refractivity contribution in [3.05, 3.63) is 55.4 Å². The number of ether oxygens (including phenoxy) is 1. The monoisotopic (exact) mass is 428 g/mol. The third-order valence-electron chi connectivity index (χ3n) is 2.85. The van der Waals surface area contributed by atoms with E-state index in [0.29, 0.717) is 17.1 Å². The normalized spacial score (nSPS) is 10.0. The van der Waals surface area contributed by atoms with E-state index in [0.717, 1.165) is 25.9 Å². The fraction of sp³-hybridized carbons (Fsp3) is 0.133. The van der Waals surface area contributed by atoms with Crippen molar-refractivity contribution in [2.75, 3.05) is 12.4 Å². The first kappa shape index (κ1) is 16.2. The summed E-state index contributed by atoms with van der Waals surface area (Å²) in [7, 11) is 1.63. The molecular formula is C15H11Br2ClN2O. The lowest BCUT2D eigenvalue weighted by molar-refractivity contribution is 0.409. The molecular weight excluding hydrogens is 419 g/mol. The number of nitrogens with zero attached hydrogens (tertiary/aromatic N) is 1. The van der Waals surface area contributed by atoms with E-state index in [9.17, 15) is 0 Å². The first-order valence-corrected chi connectivity index (χ1v) is 7.97. The van der Waals surface area contributed by atoms with Crippen LogP contribution in [0.25, 0.3) is 0 Å². The van der Waals surface area contributed by atoms with Crippen LogP contribution < -0.4 is 10.1 Å². The molecule has 2 rings (SSSR count). The molecule has 0 saturated carbocycles. The van der Waals surface area contributed by atoms with Crippen molar-refractivity contribution in [3.8, 4) is 11.8 Å². The topological polar surface area (TPSA) is 45.0 Å². The van der Waals surface area contributed by atoms with E-state index in [1.807, 2.05) is 24.3 Å². The molecule has 3 nitrogen and oxygen atoms in total. The van der Waals surface area contributed by atoms with Crippen molar-refractivity contribution in [2.24, 2.45) is 0 Å². The Balaban J connectivity index is 2.13. The van der Waals surface area contributed by atoms with Crippen molar-refractivity contribution < 1.29 is 4.74 Å². The van der Waals surface area contributed by atoms with Gasteiger partial charge in [-0.25, -0.2) is 0 Å². The van der Waals surface area contributed by atoms with Crippen LogP contribution in [0.3, 0.4) is 0 Å². The fourth-order valence-electron chi connectivity index (χ4n) is 1.83. The van der Waals surface area contributed by atoms with Crippen LogP contribution in [0.5, 0.6) is 5.75 Å². The Morgan fingerprint density at radius 2 is 1.90 bits per heavy atom. The second-order valence-electron chi connectivity index (χ2n) is 4.25. The van der Waals surface area contributed by atoms with Gasteiger partial charge < -0.3 is 10.1 Å². The van der Waals surface area contributed by atoms with E-state index in [2.05, 4.69) is 37.2 Å². The maximum Gasteiger partial charge on any atom is 0.147 e. The molecule has 0 aromatic heterocycles. The van der Waals surface area contributed by atoms with Gasteiger partial charge in [-0.05, 0) is 67.8 Å². The van der Waals surface area contributed by atoms with Crippen LogP contribution >= 0.6 is 43.5 Å². The number of rotatable bonds is 4. The highest BCUT2D eigenvalue weighted by Gasteiger charge is 2.08. The number of halogens is 3. The molecule has 0 aliphatic heterocycles. The Kier molecular flexibility index (Phi) is 5.51. The minimum absolute atomic E-state index is 0.444. The molecule has 0 heterocycles. The van der Waals surface area contributed by atoms with Crippen LogP contribution in [0.4, 0.5) is 5.69 Å². The zero-order valence-electron chi connectivity index (χ0n) is 11.1. The van der Waals surface area contributed by atoms with Gasteiger partial charge in [0, 0.05) is 12.2 Å². The molecule has 108 valence electrons. The van der Waals surface area contributed by atoms with E-state index in [4.69, 9.17) is 21.6 Å². The van der Waals surface area contributed by atoms with Crippen LogP contribution in [0, 0.1) is 11.3 Å². The molecule has 0 saturated heterocycles. The van der Waals surface area contributed by atoms with Crippen LogP contribution in [-0.2, 0) is 6.54 Å². The van der Waals surface area contributed by atoms with Crippen LogP contribution in [0.2, 0.25) is 5.02 Å². The zero-order valence-corrected chi connectivity index (χ0v) is 15.0. The molecule has 2 aromatic carbocycles. The third kappa shape index (κ3) is 3.91. The van der Waals surface area contributed by atoms with Gasteiger partial charge in [0.15, 0.2) is 0 Å². The van der Waals surface area contributed by atoms with Gasteiger partial charge in [0.25, 0.3) is 0 Å². The molecule has 6 heteroatoms. The summed E-state index contributed by atoms with van der Waals surface area (Å²) >= 11 is 13.0. The molecule has 0 radical (unpaired) electrons. The van der Waals surface area contributed by atoms with E-state index < -0.39 is 0 Å². The third-order valence-corrected chi connectivity index (χ3v) is 4.34. The minimum Gasteiger partial charge on any atom is -0.494 e. The van der Waals surface area contributed by atoms with E-state index >= 15 is 0 Å². The molecule has 0 aliphatic carbocycles. The molecule has 0 bridgehead atoms. The van der Waals surface area contributed by atoms with Crippen LogP contribution in [-0.4, -0.2) is 7.11 Å². The lowest BCUT2D eigenvalue weighted by atomic mass is 10.2. The largest absolute Gasteiger partial charge is 0.494 e. The Morgan fingerprint density at radius 1 is 1.24 bits per heavy atom. The maximum absolute atomic E-state index is 8.85. The van der Waals surface area contributed by atoms with Gasteiger partial charge in [0.05, 0.1) is 26.6 Å². The summed E-state index contributed by atoms with van der Waals surface area (Å²) in [5, 5.41) is 12.6. The van der Waals surface area contributed by atoms with E-state index in [-0.39, 0.29) is 0 Å². The summed E-state index contributed by atoms with van der Waals surface area (Å²) in [4.78, 5) is 0. The standard InChI is InChI=1S/C15H11Br2ClN2O/c1-21-15-12(16)4-9(5-13(15)17)8-20-11-3-2-10(7-19)14(18)6-11/h2-6,20H,8H2,1H3. The number of nitrogens with one attached hydrogen (secondary N) is 1. The lowest BCUT2D eigenvalue weighted by Gasteiger charge is -2.11. The van der Waals surface area contributed by atoms with Gasteiger partial charge in [-0.1, -0.05) is 11.6 Å². The quantitative estimate of drug-likeness (QED) is 0.711. The predicted octanol–water partition coefficient (Wildman–Crippen LogP) is 5.36. The van der Waals surface area contributed by atoms with Gasteiger partial charge in [-0.3, -0.25) is 0 Å². The summed E-state index contributed by atoms with van der Waals surface area (Å²) in [6, 6.07) is 11.3. The fourth-order valence-corrected chi connectivity index (χ4v) is 3.66. The molecule has 0 unspecified atom stereocenters. The minimum atomic E-state index is 0.444. The number of hydrogen-bond donors (Lipinski definition) is 1. The van der Waals surface area contributed by atoms with Gasteiger partial charge in [0.1, 0.15) is 11.8 Å². The predicted molar refractivity (Wildman–Crippen MR) is 91.9 cm³/mol. The van der Waals surface area contributed by atoms with Crippen molar-refractivity contribution in [1.82, 2.24) is 0 Å². The molecule has 1 N–H and O–H groups in total. The number of anilines is 1. The number of hydrogen-bond acceptors (Lipinski definition) is 3. The van der Waals surface area contributed by atoms with Crippen LogP contribution in [0.1, 0.15) is 11.1 Å². The number of benzene rings is 2. The Hall–Kier alpha value is -1.22. The summed E-state index contributed by atoms with van der Waals surface area (Å²) in [5.74, 6) is 0.764. The van der Waals surface area contributed by atoms with Gasteiger partial charge >= 0.3 is 0 Å². The average Bonchev–Trinajstić information content (AvgIpc) is 2.45. The molecule has 0 amide bonds. The lowest BCUT2D eigenvalue weighted by Crippen LogP contribution is -2.00. The Morgan fingerprint density at radius 3 is 2.43 bits per heavy atom. The highest BCUT2D eigenvalue weighted by molar-refractivity contribution is 9.11. The Labute approximate surface area is 145 Å². The number of nitriles is 1. The van der Waals surface area contributed by atoms with E-state index in [1.165, 1.54) is 0 Å². The van der Waals surface area contributed by atoms with Crippen molar-refractivity contribution in [1.29, 1.82) is 5.26 Å². The van der Waals surface area contributed by atoms with Crippen LogP contribution in [0.15, 0.2) is 39.3 Å². The highest BCUT2D eigenvalue weighted by Crippen LogP contribution is 2.34. The van der Waals surface area contributed by atoms with Gasteiger partial charge in [-0.2, -0.15) is 5.26 Å². The number of methoxy groups -OCH3 is 1. The van der Waals surface area contributed by atoms with Crippen molar-refractivity contribution >= 4 is 49.1 Å². The molecule has 0 fully saturated rings. The summed E-state index contributed by atoms with van der Waals surface area (Å²) < 4.78 is 7.04. The average molecular weight is 431 g/mol. The molecule has 0 atom stereocenters. The SMILES string of the molecule is COc1c(Br)cc(CNc2ccc(C#N)c(Cl)c2)cc1Br. The molecule has 2 aromatic rings. The van der Waals surface area contributed by atoms with Gasteiger partial charge in [0.2, 0.25) is 0 Å². The van der Waals surface area contributed by atoms with Crippen molar-refractivity contribution in [2.45, 2.75) is 6.54 Å². The maximum atomic E-state index is 8.85. The summed E-state index contributed by atoms with van der Waals surface area (Å²) in [5.41, 5.74) is 2.41. The summed E-state index contributed by atoms with van der Waals surface area (Å²) in [6.45, 7) is 0.628. The Bertz CT molecular complexity index is 690. The zero-order chi connectivity index (χ0) is 15.4. The molecule has 0 spiro atoms. The second-order valence-corrected chi connectivity index (χ2v) is 6.37. The second kappa shape index (κ2) is 7.17. The molecule has 21 heavy (non-hydrogen) atoms.